The van der Waals surface area contributed by atoms with Crippen molar-refractivity contribution >= 4 is 43.1 Å². The summed E-state index contributed by atoms with van der Waals surface area (Å²) in [5.41, 5.74) is 3.79. The topological polar surface area (TPSA) is 80.9 Å². The van der Waals surface area contributed by atoms with Crippen LogP contribution in [0.5, 0.6) is 23.0 Å². The summed E-state index contributed by atoms with van der Waals surface area (Å²) in [5, 5.41) is 53.4. The Labute approximate surface area is 265 Å². The highest BCUT2D eigenvalue weighted by atomic mass is 16.3. The van der Waals surface area contributed by atoms with Gasteiger partial charge >= 0.3 is 0 Å². The highest BCUT2D eigenvalue weighted by Crippen LogP contribution is 2.48. The summed E-state index contributed by atoms with van der Waals surface area (Å²) in [6, 6.07) is 42.6. The number of fused-ring (bicyclic) bond motifs is 4. The Kier molecular flexibility index (Phi) is 6.50. The quantitative estimate of drug-likeness (QED) is 0.159. The molecule has 0 aromatic heterocycles. The number of phenolic OH excluding ortho intramolecular Hbond substituents is 4. The van der Waals surface area contributed by atoms with Crippen LogP contribution < -0.4 is 0 Å². The molecule has 0 unspecified atom stereocenters. The summed E-state index contributed by atoms with van der Waals surface area (Å²) < 4.78 is 0. The Balaban J connectivity index is 1.30. The molecular formula is C42H30O4. The minimum atomic E-state index is 0.100. The van der Waals surface area contributed by atoms with E-state index in [1.54, 1.807) is 12.1 Å². The summed E-state index contributed by atoms with van der Waals surface area (Å²) in [7, 11) is 0. The van der Waals surface area contributed by atoms with Gasteiger partial charge in [-0.3, -0.25) is 0 Å². The normalized spacial score (nSPS) is 11.6. The smallest absolute Gasteiger partial charge is 0.127 e. The summed E-state index contributed by atoms with van der Waals surface area (Å²) in [6.45, 7) is 0. The van der Waals surface area contributed by atoms with E-state index in [9.17, 15) is 20.4 Å². The molecule has 0 amide bonds. The molecule has 0 fully saturated rings. The van der Waals surface area contributed by atoms with Crippen LogP contribution in [-0.2, 0) is 12.8 Å². The van der Waals surface area contributed by atoms with Gasteiger partial charge in [-0.2, -0.15) is 0 Å². The van der Waals surface area contributed by atoms with Gasteiger partial charge in [-0.1, -0.05) is 109 Å². The van der Waals surface area contributed by atoms with Gasteiger partial charge < -0.3 is 20.4 Å². The van der Waals surface area contributed by atoms with Crippen molar-refractivity contribution in [2.75, 3.05) is 0 Å². The number of aromatic hydroxyl groups is 4. The molecule has 222 valence electrons. The zero-order valence-electron chi connectivity index (χ0n) is 24.9. The molecule has 0 aliphatic carbocycles. The average molecular weight is 599 g/mol. The van der Waals surface area contributed by atoms with Crippen LogP contribution in [0.15, 0.2) is 133 Å². The van der Waals surface area contributed by atoms with Crippen molar-refractivity contribution in [1.29, 1.82) is 0 Å². The molecule has 4 N–H and O–H groups in total. The highest BCUT2D eigenvalue weighted by Gasteiger charge is 2.22. The van der Waals surface area contributed by atoms with Crippen LogP contribution in [0.25, 0.3) is 65.3 Å². The Morgan fingerprint density at radius 3 is 1.04 bits per heavy atom. The van der Waals surface area contributed by atoms with E-state index >= 15 is 0 Å². The Hall–Kier alpha value is -6.00. The number of aryl methyl sites for hydroxylation is 2. The molecule has 0 spiro atoms. The van der Waals surface area contributed by atoms with Crippen LogP contribution in [-0.4, -0.2) is 20.4 Å². The Bertz CT molecular complexity index is 2300. The Morgan fingerprint density at radius 2 is 0.652 bits per heavy atom. The monoisotopic (exact) mass is 598 g/mol. The first-order chi connectivity index (χ1) is 22.5. The average Bonchev–Trinajstić information content (AvgIpc) is 3.08. The lowest BCUT2D eigenvalue weighted by Gasteiger charge is -2.19. The van der Waals surface area contributed by atoms with Gasteiger partial charge in [0.15, 0.2) is 0 Å². The first-order valence-corrected chi connectivity index (χ1v) is 15.4. The number of rotatable bonds is 5. The van der Waals surface area contributed by atoms with Gasteiger partial charge in [0.1, 0.15) is 23.0 Å². The fourth-order valence-corrected chi connectivity index (χ4v) is 6.99. The maximum Gasteiger partial charge on any atom is 0.127 e. The fourth-order valence-electron chi connectivity index (χ4n) is 6.99. The predicted octanol–water partition coefficient (Wildman–Crippen LogP) is 10.2. The zero-order chi connectivity index (χ0) is 31.4. The van der Waals surface area contributed by atoms with Gasteiger partial charge in [0.25, 0.3) is 0 Å². The molecule has 4 heteroatoms. The molecule has 0 bridgehead atoms. The highest BCUT2D eigenvalue weighted by molar-refractivity contribution is 6.11. The molecule has 8 aromatic rings. The van der Waals surface area contributed by atoms with E-state index in [0.717, 1.165) is 43.1 Å². The molecule has 46 heavy (non-hydrogen) atoms. The summed E-state index contributed by atoms with van der Waals surface area (Å²) in [5.74, 6) is 0.418. The largest absolute Gasteiger partial charge is 0.507 e. The Morgan fingerprint density at radius 1 is 0.326 bits per heavy atom. The molecule has 0 aliphatic heterocycles. The number of benzene rings is 8. The molecule has 0 aliphatic rings. The van der Waals surface area contributed by atoms with Gasteiger partial charge in [-0.05, 0) is 91.3 Å². The van der Waals surface area contributed by atoms with Crippen molar-refractivity contribution in [2.24, 2.45) is 0 Å². The summed E-state index contributed by atoms with van der Waals surface area (Å²) in [4.78, 5) is 0. The molecule has 8 rings (SSSR count). The lowest BCUT2D eigenvalue weighted by molar-refractivity contribution is 0.462. The van der Waals surface area contributed by atoms with E-state index in [-0.39, 0.29) is 23.0 Å². The maximum atomic E-state index is 11.9. The minimum Gasteiger partial charge on any atom is -0.507 e. The SMILES string of the molecule is Oc1ccc2ccccc2c1-c1c(O)c(CCc2cc3ccccc3c(-c3c(O)ccc4ccccc34)c2O)cc2ccccc12. The van der Waals surface area contributed by atoms with E-state index < -0.39 is 0 Å². The molecule has 0 atom stereocenters. The lowest BCUT2D eigenvalue weighted by atomic mass is 9.87. The van der Waals surface area contributed by atoms with E-state index in [4.69, 9.17) is 0 Å². The third kappa shape index (κ3) is 4.38. The molecule has 0 heterocycles. The van der Waals surface area contributed by atoms with Crippen LogP contribution in [0.1, 0.15) is 11.1 Å². The third-order valence-electron chi connectivity index (χ3n) is 9.18. The van der Waals surface area contributed by atoms with Gasteiger partial charge in [0.2, 0.25) is 0 Å². The third-order valence-corrected chi connectivity index (χ3v) is 9.18. The lowest BCUT2D eigenvalue weighted by Crippen LogP contribution is -1.97. The molecular weight excluding hydrogens is 568 g/mol. The fraction of sp³-hybridized carbons (Fsp3) is 0.0476. The first kappa shape index (κ1) is 27.5. The summed E-state index contributed by atoms with van der Waals surface area (Å²) >= 11 is 0. The van der Waals surface area contributed by atoms with Crippen molar-refractivity contribution in [2.45, 2.75) is 12.8 Å². The number of hydrogen-bond donors (Lipinski definition) is 4. The van der Waals surface area contributed by atoms with Crippen LogP contribution >= 0.6 is 0 Å². The molecule has 0 radical (unpaired) electrons. The second-order valence-electron chi connectivity index (χ2n) is 11.8. The van der Waals surface area contributed by atoms with Crippen LogP contribution in [0, 0.1) is 0 Å². The second kappa shape index (κ2) is 10.9. The maximum absolute atomic E-state index is 11.9. The van der Waals surface area contributed by atoms with E-state index in [2.05, 4.69) is 0 Å². The number of phenols is 4. The molecule has 0 saturated heterocycles. The van der Waals surface area contributed by atoms with Gasteiger partial charge in [0.05, 0.1) is 0 Å². The standard InChI is InChI=1S/C42H30O4/c43-35-21-19-25-9-1-5-13-31(25)37(35)39-33-15-7-3-11-27(33)23-29(41(39)45)17-18-30-24-28-12-4-8-16-34(28)40(42(30)46)38-32-14-6-2-10-26(32)20-22-36(38)44/h1-16,19-24,43-46H,17-18H2. The van der Waals surface area contributed by atoms with Crippen molar-refractivity contribution in [3.63, 3.8) is 0 Å². The zero-order valence-corrected chi connectivity index (χ0v) is 24.9. The minimum absolute atomic E-state index is 0.100. The van der Waals surface area contributed by atoms with Gasteiger partial charge in [-0.15, -0.1) is 0 Å². The van der Waals surface area contributed by atoms with Crippen LogP contribution in [0.4, 0.5) is 0 Å². The molecule has 8 aromatic carbocycles. The second-order valence-corrected chi connectivity index (χ2v) is 11.8. The van der Waals surface area contributed by atoms with E-state index in [1.807, 2.05) is 121 Å². The van der Waals surface area contributed by atoms with E-state index in [0.29, 0.717) is 46.2 Å². The number of hydrogen-bond acceptors (Lipinski definition) is 4. The summed E-state index contributed by atoms with van der Waals surface area (Å²) in [6.07, 6.45) is 0.865. The van der Waals surface area contributed by atoms with Crippen molar-refractivity contribution < 1.29 is 20.4 Å². The molecule has 4 nitrogen and oxygen atoms in total. The first-order valence-electron chi connectivity index (χ1n) is 15.4. The van der Waals surface area contributed by atoms with E-state index in [1.165, 1.54) is 0 Å². The van der Waals surface area contributed by atoms with Crippen LogP contribution in [0.2, 0.25) is 0 Å². The van der Waals surface area contributed by atoms with Crippen molar-refractivity contribution in [1.82, 2.24) is 0 Å². The van der Waals surface area contributed by atoms with Crippen molar-refractivity contribution in [3.05, 3.63) is 145 Å². The molecule has 0 saturated carbocycles. The predicted molar refractivity (Wildman–Crippen MR) is 188 cm³/mol. The van der Waals surface area contributed by atoms with Crippen LogP contribution in [0.3, 0.4) is 0 Å². The van der Waals surface area contributed by atoms with Crippen molar-refractivity contribution in [3.8, 4) is 45.3 Å². The van der Waals surface area contributed by atoms with Gasteiger partial charge in [0, 0.05) is 22.3 Å². The van der Waals surface area contributed by atoms with Gasteiger partial charge in [-0.25, -0.2) is 0 Å².